The van der Waals surface area contributed by atoms with Crippen molar-refractivity contribution in [1.29, 1.82) is 0 Å². The van der Waals surface area contributed by atoms with Gasteiger partial charge in [-0.1, -0.05) is 0 Å². The van der Waals surface area contributed by atoms with Crippen molar-refractivity contribution in [3.63, 3.8) is 0 Å². The van der Waals surface area contributed by atoms with Gasteiger partial charge in [0, 0.05) is 24.6 Å². The lowest BCUT2D eigenvalue weighted by molar-refractivity contribution is -0.137. The van der Waals surface area contributed by atoms with Crippen molar-refractivity contribution in [2.24, 2.45) is 0 Å². The number of hydrogen-bond acceptors (Lipinski definition) is 5. The molecule has 1 rings (SSSR count). The average molecular weight is 270 g/mol. The van der Waals surface area contributed by atoms with Gasteiger partial charge in [-0.15, -0.1) is 0 Å². The Kier molecular flexibility index (Phi) is 4.79. The summed E-state index contributed by atoms with van der Waals surface area (Å²) in [4.78, 5) is 35.6. The predicted octanol–water partition coefficient (Wildman–Crippen LogP) is -1.45. The Bertz CT molecular complexity index is 426. The number of aliphatic hydroxyl groups excluding tert-OH is 2. The van der Waals surface area contributed by atoms with Gasteiger partial charge in [0.25, 0.3) is 11.8 Å². The highest BCUT2D eigenvalue weighted by Crippen LogP contribution is 2.12. The van der Waals surface area contributed by atoms with Crippen molar-refractivity contribution >= 4 is 17.7 Å². The molecule has 0 aliphatic carbocycles. The quantitative estimate of drug-likeness (QED) is 0.512. The zero-order valence-electron chi connectivity index (χ0n) is 11.0. The van der Waals surface area contributed by atoms with E-state index >= 15 is 0 Å². The van der Waals surface area contributed by atoms with Crippen LogP contribution in [0.1, 0.15) is 20.3 Å². The number of imide groups is 1. The Morgan fingerprint density at radius 1 is 1.37 bits per heavy atom. The number of hydrogen-bond donors (Lipinski definition) is 3. The van der Waals surface area contributed by atoms with Crippen LogP contribution in [0.15, 0.2) is 11.6 Å². The molecule has 0 aromatic carbocycles. The van der Waals surface area contributed by atoms with Crippen LogP contribution < -0.4 is 5.32 Å². The summed E-state index contributed by atoms with van der Waals surface area (Å²) in [5.41, 5.74) is -0.759. The first-order valence-electron chi connectivity index (χ1n) is 5.90. The van der Waals surface area contributed by atoms with E-state index in [4.69, 9.17) is 10.2 Å². The standard InChI is InChI=1S/C12H18N2O5/c1-8-5-10(18)14(11(8)19)4-3-9(17)13-12(2,6-15)7-16/h5,15-16H,3-4,6-7H2,1-2H3,(H,13,17). The molecule has 7 heteroatoms. The summed E-state index contributed by atoms with van der Waals surface area (Å²) >= 11 is 0. The second kappa shape index (κ2) is 5.94. The third-order valence-electron chi connectivity index (χ3n) is 2.89. The van der Waals surface area contributed by atoms with Gasteiger partial charge in [0.05, 0.1) is 18.8 Å². The summed E-state index contributed by atoms with van der Waals surface area (Å²) < 4.78 is 0. The second-order valence-electron chi connectivity index (χ2n) is 4.80. The molecule has 0 aromatic heterocycles. The van der Waals surface area contributed by atoms with Gasteiger partial charge >= 0.3 is 0 Å². The van der Waals surface area contributed by atoms with E-state index < -0.39 is 36.5 Å². The summed E-state index contributed by atoms with van der Waals surface area (Å²) in [5, 5.41) is 20.5. The fraction of sp³-hybridized carbons (Fsp3) is 0.583. The number of nitrogens with one attached hydrogen (secondary N) is 1. The van der Waals surface area contributed by atoms with Crippen molar-refractivity contribution in [1.82, 2.24) is 10.2 Å². The van der Waals surface area contributed by atoms with E-state index in [0.717, 1.165) is 4.90 Å². The molecule has 0 unspecified atom stereocenters. The minimum atomic E-state index is -1.11. The van der Waals surface area contributed by atoms with Gasteiger partial charge in [0.1, 0.15) is 0 Å². The van der Waals surface area contributed by atoms with E-state index in [1.807, 2.05) is 0 Å². The van der Waals surface area contributed by atoms with E-state index in [1.54, 1.807) is 0 Å². The lowest BCUT2D eigenvalue weighted by atomic mass is 10.1. The summed E-state index contributed by atoms with van der Waals surface area (Å²) in [6.07, 6.45) is 1.15. The highest BCUT2D eigenvalue weighted by Gasteiger charge is 2.29. The lowest BCUT2D eigenvalue weighted by Crippen LogP contribution is -2.52. The Labute approximate surface area is 110 Å². The summed E-state index contributed by atoms with van der Waals surface area (Å²) in [6.45, 7) is 2.19. The van der Waals surface area contributed by atoms with E-state index in [1.165, 1.54) is 19.9 Å². The number of carbonyl (C=O) groups excluding carboxylic acids is 3. The van der Waals surface area contributed by atoms with Crippen LogP contribution in [-0.4, -0.2) is 58.1 Å². The van der Waals surface area contributed by atoms with Crippen LogP contribution in [-0.2, 0) is 14.4 Å². The molecule has 7 nitrogen and oxygen atoms in total. The third-order valence-corrected chi connectivity index (χ3v) is 2.89. The third kappa shape index (κ3) is 3.62. The topological polar surface area (TPSA) is 107 Å². The molecule has 1 aliphatic heterocycles. The maximum atomic E-state index is 11.6. The van der Waals surface area contributed by atoms with Gasteiger partial charge in [0.2, 0.25) is 5.91 Å². The molecule has 0 aromatic rings. The van der Waals surface area contributed by atoms with E-state index in [0.29, 0.717) is 5.57 Å². The first kappa shape index (κ1) is 15.3. The van der Waals surface area contributed by atoms with Gasteiger partial charge in [0.15, 0.2) is 0 Å². The molecule has 0 atom stereocenters. The fourth-order valence-corrected chi connectivity index (χ4v) is 1.59. The van der Waals surface area contributed by atoms with Gasteiger partial charge < -0.3 is 15.5 Å². The Hall–Kier alpha value is -1.73. The minimum absolute atomic E-state index is 0.0235. The molecule has 1 heterocycles. The van der Waals surface area contributed by atoms with E-state index in [9.17, 15) is 14.4 Å². The SMILES string of the molecule is CC1=CC(=O)N(CCC(=O)NC(C)(CO)CO)C1=O. The Morgan fingerprint density at radius 3 is 2.37 bits per heavy atom. The predicted molar refractivity (Wildman–Crippen MR) is 65.8 cm³/mol. The summed E-state index contributed by atoms with van der Waals surface area (Å²) in [5.74, 6) is -1.27. The molecule has 3 amide bonds. The Balaban J connectivity index is 2.48. The normalized spacial score (nSPS) is 15.8. The van der Waals surface area contributed by atoms with Gasteiger partial charge in [-0.2, -0.15) is 0 Å². The van der Waals surface area contributed by atoms with Gasteiger partial charge in [-0.25, -0.2) is 0 Å². The molecular weight excluding hydrogens is 252 g/mol. The van der Waals surface area contributed by atoms with Crippen LogP contribution >= 0.6 is 0 Å². The summed E-state index contributed by atoms with van der Waals surface area (Å²) in [6, 6.07) is 0. The molecule has 0 radical (unpaired) electrons. The first-order chi connectivity index (χ1) is 8.83. The van der Waals surface area contributed by atoms with Crippen LogP contribution in [0.5, 0.6) is 0 Å². The van der Waals surface area contributed by atoms with Crippen LogP contribution in [0.25, 0.3) is 0 Å². The van der Waals surface area contributed by atoms with E-state index in [2.05, 4.69) is 5.32 Å². The number of carbonyl (C=O) groups is 3. The largest absolute Gasteiger partial charge is 0.394 e. The zero-order valence-corrected chi connectivity index (χ0v) is 11.0. The van der Waals surface area contributed by atoms with Crippen LogP contribution in [0, 0.1) is 0 Å². The number of nitrogens with zero attached hydrogens (tertiary/aromatic N) is 1. The number of aliphatic hydroxyl groups is 2. The van der Waals surface area contributed by atoms with Gasteiger partial charge in [-0.3, -0.25) is 19.3 Å². The average Bonchev–Trinajstić information content (AvgIpc) is 2.61. The zero-order chi connectivity index (χ0) is 14.6. The van der Waals surface area contributed by atoms with Crippen molar-refractivity contribution in [2.75, 3.05) is 19.8 Å². The molecule has 0 bridgehead atoms. The van der Waals surface area contributed by atoms with Crippen molar-refractivity contribution in [3.8, 4) is 0 Å². The first-order valence-corrected chi connectivity index (χ1v) is 5.90. The molecule has 0 saturated heterocycles. The molecule has 1 aliphatic rings. The summed E-state index contributed by atoms with van der Waals surface area (Å²) in [7, 11) is 0. The molecule has 0 spiro atoms. The van der Waals surface area contributed by atoms with Crippen molar-refractivity contribution < 1.29 is 24.6 Å². The smallest absolute Gasteiger partial charge is 0.256 e. The van der Waals surface area contributed by atoms with E-state index in [-0.39, 0.29) is 13.0 Å². The lowest BCUT2D eigenvalue weighted by Gasteiger charge is -2.26. The van der Waals surface area contributed by atoms with Crippen LogP contribution in [0.2, 0.25) is 0 Å². The molecule has 19 heavy (non-hydrogen) atoms. The van der Waals surface area contributed by atoms with Crippen LogP contribution in [0.4, 0.5) is 0 Å². The fourth-order valence-electron chi connectivity index (χ4n) is 1.59. The van der Waals surface area contributed by atoms with Crippen LogP contribution in [0.3, 0.4) is 0 Å². The molecule has 0 fully saturated rings. The molecule has 3 N–H and O–H groups in total. The minimum Gasteiger partial charge on any atom is -0.394 e. The highest BCUT2D eigenvalue weighted by atomic mass is 16.3. The number of rotatable bonds is 6. The monoisotopic (exact) mass is 270 g/mol. The van der Waals surface area contributed by atoms with Crippen molar-refractivity contribution in [3.05, 3.63) is 11.6 Å². The molecule has 0 saturated carbocycles. The molecular formula is C12H18N2O5. The van der Waals surface area contributed by atoms with Gasteiger partial charge in [-0.05, 0) is 13.8 Å². The molecule has 106 valence electrons. The second-order valence-corrected chi connectivity index (χ2v) is 4.80. The Morgan fingerprint density at radius 2 is 1.95 bits per heavy atom. The number of amides is 3. The van der Waals surface area contributed by atoms with Crippen molar-refractivity contribution in [2.45, 2.75) is 25.8 Å². The maximum absolute atomic E-state index is 11.6. The maximum Gasteiger partial charge on any atom is 0.256 e. The highest BCUT2D eigenvalue weighted by molar-refractivity contribution is 6.15.